The molecule has 158 valence electrons. The van der Waals surface area contributed by atoms with Crippen LogP contribution < -0.4 is 25.5 Å². The monoisotopic (exact) mass is 435 g/mol. The van der Waals surface area contributed by atoms with Gasteiger partial charge in [-0.2, -0.15) is 0 Å². The normalized spacial score (nSPS) is 10.8. The Bertz CT molecular complexity index is 1210. The highest BCUT2D eigenvalue weighted by Gasteiger charge is 2.16. The van der Waals surface area contributed by atoms with E-state index in [1.165, 1.54) is 37.2 Å². The van der Waals surface area contributed by atoms with E-state index in [1.807, 2.05) is 0 Å². The standard InChI is InChI=1S/C18H18FN5O5S/c1-20-30-22-12-6-4-5-10(14(12)19)9-24-16(25)15-13(29-18(24)27)7-11(8-21-15)28-17(26)23(2)3/h4-8,20,22H,9H2,1-3H3. The van der Waals surface area contributed by atoms with E-state index >= 15 is 0 Å². The first-order valence-corrected chi connectivity index (χ1v) is 9.42. The zero-order valence-electron chi connectivity index (χ0n) is 16.3. The molecule has 0 saturated carbocycles. The second-order valence-corrected chi connectivity index (χ2v) is 7.04. The molecule has 0 fully saturated rings. The van der Waals surface area contributed by atoms with Crippen LogP contribution in [0, 0.1) is 5.82 Å². The maximum atomic E-state index is 14.7. The van der Waals surface area contributed by atoms with E-state index < -0.39 is 23.2 Å². The van der Waals surface area contributed by atoms with E-state index in [2.05, 4.69) is 14.4 Å². The van der Waals surface area contributed by atoms with Gasteiger partial charge in [-0.3, -0.25) is 4.79 Å². The molecule has 0 atom stereocenters. The number of pyridine rings is 1. The number of benzene rings is 1. The highest BCUT2D eigenvalue weighted by molar-refractivity contribution is 7.98. The van der Waals surface area contributed by atoms with Gasteiger partial charge in [-0.05, 0) is 13.1 Å². The van der Waals surface area contributed by atoms with E-state index in [0.29, 0.717) is 0 Å². The summed E-state index contributed by atoms with van der Waals surface area (Å²) in [5.41, 5.74) is -0.752. The van der Waals surface area contributed by atoms with E-state index in [0.717, 1.165) is 22.9 Å². The molecule has 3 aromatic rings. The number of hydrogen-bond acceptors (Lipinski definition) is 9. The highest BCUT2D eigenvalue weighted by Crippen LogP contribution is 2.21. The zero-order valence-corrected chi connectivity index (χ0v) is 17.1. The highest BCUT2D eigenvalue weighted by atomic mass is 32.2. The Labute approximate surface area is 173 Å². The van der Waals surface area contributed by atoms with Crippen molar-refractivity contribution in [3.8, 4) is 5.75 Å². The maximum Gasteiger partial charge on any atom is 0.422 e. The van der Waals surface area contributed by atoms with E-state index in [9.17, 15) is 18.8 Å². The second-order valence-electron chi connectivity index (χ2n) is 6.23. The molecule has 0 aliphatic heterocycles. The van der Waals surface area contributed by atoms with E-state index in [-0.39, 0.29) is 34.6 Å². The molecule has 0 bridgehead atoms. The van der Waals surface area contributed by atoms with Gasteiger partial charge in [0.15, 0.2) is 22.7 Å². The number of amides is 1. The SMILES string of the molecule is CNSNc1cccc(Cn2c(=O)oc3cc(OC(=O)N(C)C)cnc3c2=O)c1F. The van der Waals surface area contributed by atoms with Crippen LogP contribution in [0.15, 0.2) is 44.5 Å². The summed E-state index contributed by atoms with van der Waals surface area (Å²) in [5, 5.41) is 0. The van der Waals surface area contributed by atoms with Crippen LogP contribution in [0.5, 0.6) is 5.75 Å². The molecular formula is C18H18FN5O5S. The van der Waals surface area contributed by atoms with Gasteiger partial charge < -0.3 is 18.8 Å². The molecule has 2 N–H and O–H groups in total. The minimum Gasteiger partial charge on any atom is -0.408 e. The lowest BCUT2D eigenvalue weighted by molar-refractivity contribution is 0.171. The number of fused-ring (bicyclic) bond motifs is 1. The Morgan fingerprint density at radius 2 is 2.13 bits per heavy atom. The van der Waals surface area contributed by atoms with E-state index in [4.69, 9.17) is 9.15 Å². The topological polar surface area (TPSA) is 119 Å². The number of anilines is 1. The molecule has 1 aromatic carbocycles. The van der Waals surface area contributed by atoms with Gasteiger partial charge in [0.1, 0.15) is 0 Å². The van der Waals surface area contributed by atoms with Gasteiger partial charge in [0.25, 0.3) is 5.56 Å². The fourth-order valence-corrected chi connectivity index (χ4v) is 2.84. The van der Waals surface area contributed by atoms with E-state index in [1.54, 1.807) is 13.1 Å². The molecule has 0 unspecified atom stereocenters. The van der Waals surface area contributed by atoms with Crippen LogP contribution in [-0.4, -0.2) is 41.7 Å². The number of ether oxygens (including phenoxy) is 1. The smallest absolute Gasteiger partial charge is 0.408 e. The van der Waals surface area contributed by atoms with Crippen molar-refractivity contribution >= 4 is 35.0 Å². The van der Waals surface area contributed by atoms with Crippen molar-refractivity contribution in [3.05, 3.63) is 62.7 Å². The van der Waals surface area contributed by atoms with Crippen molar-refractivity contribution in [2.24, 2.45) is 0 Å². The molecule has 10 nitrogen and oxygen atoms in total. The Morgan fingerprint density at radius 3 is 2.83 bits per heavy atom. The summed E-state index contributed by atoms with van der Waals surface area (Å²) in [6.45, 7) is -0.346. The Hall–Kier alpha value is -3.38. The molecule has 0 aliphatic rings. The Morgan fingerprint density at radius 1 is 1.37 bits per heavy atom. The Balaban J connectivity index is 1.97. The fraction of sp³-hybridized carbons (Fsp3) is 0.222. The molecule has 0 spiro atoms. The van der Waals surface area contributed by atoms with Crippen molar-refractivity contribution in [2.45, 2.75) is 6.54 Å². The third kappa shape index (κ3) is 4.44. The molecule has 12 heteroatoms. The lowest BCUT2D eigenvalue weighted by atomic mass is 10.2. The Kier molecular flexibility index (Phi) is 6.37. The predicted octanol–water partition coefficient (Wildman–Crippen LogP) is 1.79. The molecule has 3 rings (SSSR count). The predicted molar refractivity (Wildman–Crippen MR) is 110 cm³/mol. The number of carbonyl (C=O) groups is 1. The lowest BCUT2D eigenvalue weighted by Gasteiger charge is -2.11. The summed E-state index contributed by atoms with van der Waals surface area (Å²) < 4.78 is 31.1. The first-order chi connectivity index (χ1) is 14.3. The molecule has 30 heavy (non-hydrogen) atoms. The summed E-state index contributed by atoms with van der Waals surface area (Å²) in [5.74, 6) is -1.59. The number of nitrogens with one attached hydrogen (secondary N) is 2. The van der Waals surface area contributed by atoms with Gasteiger partial charge in [-0.25, -0.2) is 28.3 Å². The molecule has 0 radical (unpaired) electrons. The molecule has 0 saturated heterocycles. The van der Waals surface area contributed by atoms with Crippen LogP contribution in [0.2, 0.25) is 0 Å². The number of aromatic nitrogens is 2. The summed E-state index contributed by atoms with van der Waals surface area (Å²) in [4.78, 5) is 41.9. The third-order valence-electron chi connectivity index (χ3n) is 3.93. The van der Waals surface area contributed by atoms with Crippen LogP contribution in [0.25, 0.3) is 11.1 Å². The van der Waals surface area contributed by atoms with Crippen molar-refractivity contribution in [3.63, 3.8) is 0 Å². The average Bonchev–Trinajstić information content (AvgIpc) is 2.71. The van der Waals surface area contributed by atoms with Crippen LogP contribution in [0.1, 0.15) is 5.56 Å². The summed E-state index contributed by atoms with van der Waals surface area (Å²) >= 11 is 1.07. The van der Waals surface area contributed by atoms with Gasteiger partial charge >= 0.3 is 11.8 Å². The van der Waals surface area contributed by atoms with Gasteiger partial charge in [0, 0.05) is 37.9 Å². The largest absolute Gasteiger partial charge is 0.422 e. The van der Waals surface area contributed by atoms with Crippen LogP contribution in [0.4, 0.5) is 14.9 Å². The van der Waals surface area contributed by atoms with Gasteiger partial charge in [-0.15, -0.1) is 0 Å². The number of rotatable bonds is 6. The fourth-order valence-electron chi connectivity index (χ4n) is 2.47. The first-order valence-electron chi connectivity index (χ1n) is 8.60. The molecule has 0 aliphatic carbocycles. The number of nitrogens with zero attached hydrogens (tertiary/aromatic N) is 3. The molecule has 2 heterocycles. The first kappa shape index (κ1) is 21.3. The average molecular weight is 435 g/mol. The molecule has 1 amide bonds. The third-order valence-corrected chi connectivity index (χ3v) is 4.46. The quantitative estimate of drug-likeness (QED) is 0.559. The minimum absolute atomic E-state index is 0.00773. The summed E-state index contributed by atoms with van der Waals surface area (Å²) in [6.07, 6.45) is 0.502. The minimum atomic E-state index is -0.993. The van der Waals surface area contributed by atoms with Crippen LogP contribution in [-0.2, 0) is 6.54 Å². The number of carbonyl (C=O) groups excluding carboxylic acids is 1. The van der Waals surface area contributed by atoms with Crippen molar-refractivity contribution < 1.29 is 18.3 Å². The van der Waals surface area contributed by atoms with Crippen LogP contribution >= 0.6 is 12.1 Å². The van der Waals surface area contributed by atoms with Crippen LogP contribution in [0.3, 0.4) is 0 Å². The number of hydrogen-bond donors (Lipinski definition) is 2. The van der Waals surface area contributed by atoms with Gasteiger partial charge in [0.2, 0.25) is 0 Å². The second kappa shape index (κ2) is 8.97. The molecular weight excluding hydrogens is 417 g/mol. The van der Waals surface area contributed by atoms with Crippen molar-refractivity contribution in [1.29, 1.82) is 0 Å². The summed E-state index contributed by atoms with van der Waals surface area (Å²) in [7, 11) is 4.66. The van der Waals surface area contributed by atoms with Gasteiger partial charge in [-0.1, -0.05) is 12.1 Å². The van der Waals surface area contributed by atoms with Crippen molar-refractivity contribution in [2.75, 3.05) is 25.9 Å². The van der Waals surface area contributed by atoms with Gasteiger partial charge in [0.05, 0.1) is 18.4 Å². The maximum absolute atomic E-state index is 14.7. The molecule has 2 aromatic heterocycles. The summed E-state index contributed by atoms with van der Waals surface area (Å²) in [6, 6.07) is 5.79. The lowest BCUT2D eigenvalue weighted by Crippen LogP contribution is -2.33. The number of halogens is 1. The van der Waals surface area contributed by atoms with Crippen molar-refractivity contribution in [1.82, 2.24) is 19.2 Å². The zero-order chi connectivity index (χ0) is 21.8.